The second-order valence-corrected chi connectivity index (χ2v) is 7.14. The highest BCUT2D eigenvalue weighted by molar-refractivity contribution is 9.10. The molecule has 0 atom stereocenters. The Hall–Kier alpha value is -0.410. The first-order chi connectivity index (χ1) is 10.1. The molecule has 1 aliphatic carbocycles. The van der Waals surface area contributed by atoms with Crippen molar-refractivity contribution in [2.75, 3.05) is 11.9 Å². The van der Waals surface area contributed by atoms with Crippen LogP contribution in [0.1, 0.15) is 52.4 Å². The molecular formula is C17H25BrClNO. The first-order valence-electron chi connectivity index (χ1n) is 8.02. The molecule has 0 unspecified atom stereocenters. The normalized spacial score (nSPS) is 22.1. The zero-order valence-electron chi connectivity index (χ0n) is 12.9. The quantitative estimate of drug-likeness (QED) is 0.633. The Kier molecular flexibility index (Phi) is 6.69. The Morgan fingerprint density at radius 2 is 1.95 bits per heavy atom. The van der Waals surface area contributed by atoms with Gasteiger partial charge in [0.2, 0.25) is 0 Å². The van der Waals surface area contributed by atoms with E-state index >= 15 is 0 Å². The zero-order valence-corrected chi connectivity index (χ0v) is 15.3. The molecule has 0 aliphatic heterocycles. The summed E-state index contributed by atoms with van der Waals surface area (Å²) in [5.74, 6) is 1.79. The predicted octanol–water partition coefficient (Wildman–Crippen LogP) is 6.27. The summed E-state index contributed by atoms with van der Waals surface area (Å²) in [6.07, 6.45) is 7.81. The van der Waals surface area contributed by atoms with Gasteiger partial charge in [0.05, 0.1) is 16.8 Å². The van der Waals surface area contributed by atoms with Crippen molar-refractivity contribution >= 4 is 33.2 Å². The summed E-state index contributed by atoms with van der Waals surface area (Å²) >= 11 is 9.72. The highest BCUT2D eigenvalue weighted by atomic mass is 79.9. The van der Waals surface area contributed by atoms with Crippen LogP contribution in [0.15, 0.2) is 16.6 Å². The van der Waals surface area contributed by atoms with Gasteiger partial charge >= 0.3 is 0 Å². The lowest BCUT2D eigenvalue weighted by Gasteiger charge is -2.30. The highest BCUT2D eigenvalue weighted by Crippen LogP contribution is 2.38. The van der Waals surface area contributed by atoms with Gasteiger partial charge in [0, 0.05) is 11.1 Å². The van der Waals surface area contributed by atoms with Crippen molar-refractivity contribution in [3.05, 3.63) is 21.6 Å². The molecule has 1 saturated carbocycles. The van der Waals surface area contributed by atoms with Crippen molar-refractivity contribution in [2.24, 2.45) is 5.92 Å². The van der Waals surface area contributed by atoms with Crippen molar-refractivity contribution in [1.29, 1.82) is 0 Å². The Balaban J connectivity index is 2.02. The second kappa shape index (κ2) is 8.28. The largest absolute Gasteiger partial charge is 0.491 e. The van der Waals surface area contributed by atoms with E-state index in [2.05, 4.69) is 28.2 Å². The molecule has 21 heavy (non-hydrogen) atoms. The highest BCUT2D eigenvalue weighted by Gasteiger charge is 2.22. The van der Waals surface area contributed by atoms with E-state index in [1.807, 2.05) is 19.1 Å². The molecule has 1 aromatic carbocycles. The van der Waals surface area contributed by atoms with E-state index in [0.29, 0.717) is 12.6 Å². The average Bonchev–Trinajstić information content (AvgIpc) is 2.45. The van der Waals surface area contributed by atoms with Crippen molar-refractivity contribution in [1.82, 2.24) is 0 Å². The molecule has 1 N–H and O–H groups in total. The molecule has 0 heterocycles. The zero-order chi connectivity index (χ0) is 15.2. The maximum absolute atomic E-state index is 6.18. The third kappa shape index (κ3) is 4.79. The molecule has 2 rings (SSSR count). The third-order valence-corrected chi connectivity index (χ3v) is 5.01. The Labute approximate surface area is 141 Å². The lowest BCUT2D eigenvalue weighted by atomic mass is 9.83. The summed E-state index contributed by atoms with van der Waals surface area (Å²) in [5, 5.41) is 4.37. The van der Waals surface area contributed by atoms with Crippen LogP contribution in [0.3, 0.4) is 0 Å². The van der Waals surface area contributed by atoms with E-state index in [9.17, 15) is 0 Å². The van der Waals surface area contributed by atoms with Crippen LogP contribution in [0.2, 0.25) is 5.02 Å². The first-order valence-corrected chi connectivity index (χ1v) is 9.19. The number of ether oxygens (including phenoxy) is 1. The molecule has 0 amide bonds. The molecular weight excluding hydrogens is 350 g/mol. The maximum atomic E-state index is 6.18. The van der Waals surface area contributed by atoms with Crippen LogP contribution in [-0.4, -0.2) is 12.6 Å². The van der Waals surface area contributed by atoms with Crippen molar-refractivity contribution in [3.63, 3.8) is 0 Å². The molecule has 4 heteroatoms. The van der Waals surface area contributed by atoms with E-state index in [1.165, 1.54) is 38.5 Å². The van der Waals surface area contributed by atoms with Gasteiger partial charge in [-0.2, -0.15) is 0 Å². The topological polar surface area (TPSA) is 21.3 Å². The van der Waals surface area contributed by atoms with Gasteiger partial charge in [-0.1, -0.05) is 31.4 Å². The molecule has 1 aliphatic rings. The summed E-state index contributed by atoms with van der Waals surface area (Å²) in [4.78, 5) is 0. The van der Waals surface area contributed by atoms with Gasteiger partial charge in [0.25, 0.3) is 0 Å². The van der Waals surface area contributed by atoms with E-state index in [-0.39, 0.29) is 0 Å². The number of hydrogen-bond donors (Lipinski definition) is 1. The number of nitrogens with one attached hydrogen (secondary N) is 1. The number of hydrogen-bond acceptors (Lipinski definition) is 2. The van der Waals surface area contributed by atoms with Crippen LogP contribution < -0.4 is 10.1 Å². The van der Waals surface area contributed by atoms with Gasteiger partial charge in [-0.3, -0.25) is 0 Å². The lowest BCUT2D eigenvalue weighted by Crippen LogP contribution is -2.26. The predicted molar refractivity (Wildman–Crippen MR) is 94.6 cm³/mol. The lowest BCUT2D eigenvalue weighted by molar-refractivity contribution is 0.316. The van der Waals surface area contributed by atoms with Crippen LogP contribution in [0.4, 0.5) is 5.69 Å². The number of benzene rings is 1. The van der Waals surface area contributed by atoms with E-state index in [0.717, 1.165) is 26.9 Å². The maximum Gasteiger partial charge on any atom is 0.156 e. The standard InChI is InChI=1S/C17H25BrClNO/c1-3-5-12-6-8-14(9-7-12)20-16-11-13(19)10-15(18)17(16)21-4-2/h10-12,14,20H,3-9H2,1-2H3. The second-order valence-electron chi connectivity index (χ2n) is 5.85. The SMILES string of the molecule is CCCC1CCC(Nc2cc(Cl)cc(Br)c2OCC)CC1. The van der Waals surface area contributed by atoms with Gasteiger partial charge in [-0.15, -0.1) is 0 Å². The Morgan fingerprint density at radius 3 is 2.57 bits per heavy atom. The molecule has 0 saturated heterocycles. The molecule has 118 valence electrons. The average molecular weight is 375 g/mol. The molecule has 0 radical (unpaired) electrons. The van der Waals surface area contributed by atoms with Gasteiger partial charge in [0.1, 0.15) is 0 Å². The van der Waals surface area contributed by atoms with Crippen molar-refractivity contribution < 1.29 is 4.74 Å². The van der Waals surface area contributed by atoms with Gasteiger partial charge < -0.3 is 10.1 Å². The van der Waals surface area contributed by atoms with E-state index in [1.54, 1.807) is 0 Å². The van der Waals surface area contributed by atoms with E-state index in [4.69, 9.17) is 16.3 Å². The molecule has 0 spiro atoms. The summed E-state index contributed by atoms with van der Waals surface area (Å²) in [6.45, 7) is 4.93. The summed E-state index contributed by atoms with van der Waals surface area (Å²) in [6, 6.07) is 4.38. The number of rotatable bonds is 6. The fraction of sp³-hybridized carbons (Fsp3) is 0.647. The third-order valence-electron chi connectivity index (χ3n) is 4.20. The summed E-state index contributed by atoms with van der Waals surface area (Å²) in [7, 11) is 0. The fourth-order valence-electron chi connectivity index (χ4n) is 3.18. The minimum Gasteiger partial charge on any atom is -0.491 e. The first kappa shape index (κ1) is 17.0. The van der Waals surface area contributed by atoms with Crippen LogP contribution in [0.5, 0.6) is 5.75 Å². The Bertz CT molecular complexity index is 458. The summed E-state index contributed by atoms with van der Waals surface area (Å²) < 4.78 is 6.67. The van der Waals surface area contributed by atoms with Gasteiger partial charge in [-0.25, -0.2) is 0 Å². The number of halogens is 2. The van der Waals surface area contributed by atoms with Gasteiger partial charge in [0.15, 0.2) is 5.75 Å². The molecule has 2 nitrogen and oxygen atoms in total. The van der Waals surface area contributed by atoms with Crippen molar-refractivity contribution in [3.8, 4) is 5.75 Å². The van der Waals surface area contributed by atoms with E-state index < -0.39 is 0 Å². The fourth-order valence-corrected chi connectivity index (χ4v) is 4.11. The smallest absolute Gasteiger partial charge is 0.156 e. The van der Waals surface area contributed by atoms with Crippen LogP contribution >= 0.6 is 27.5 Å². The Morgan fingerprint density at radius 1 is 1.24 bits per heavy atom. The molecule has 1 fully saturated rings. The monoisotopic (exact) mass is 373 g/mol. The molecule has 0 aromatic heterocycles. The molecule has 1 aromatic rings. The van der Waals surface area contributed by atoms with Crippen LogP contribution in [-0.2, 0) is 0 Å². The van der Waals surface area contributed by atoms with Gasteiger partial charge in [-0.05, 0) is 66.6 Å². The van der Waals surface area contributed by atoms with Crippen LogP contribution in [0, 0.1) is 5.92 Å². The van der Waals surface area contributed by atoms with Crippen molar-refractivity contribution in [2.45, 2.75) is 58.4 Å². The summed E-state index contributed by atoms with van der Waals surface area (Å²) in [5.41, 5.74) is 1.01. The molecule has 0 bridgehead atoms. The van der Waals surface area contributed by atoms with Crippen LogP contribution in [0.25, 0.3) is 0 Å². The number of anilines is 1. The minimum absolute atomic E-state index is 0.530. The minimum atomic E-state index is 0.530.